The summed E-state index contributed by atoms with van der Waals surface area (Å²) < 4.78 is 10.8. The number of rotatable bonds is 5. The summed E-state index contributed by atoms with van der Waals surface area (Å²) in [5, 5.41) is 0. The van der Waals surface area contributed by atoms with Crippen LogP contribution in [0.1, 0.15) is 21.7 Å². The van der Waals surface area contributed by atoms with Gasteiger partial charge in [-0.15, -0.1) is 0 Å². The first kappa shape index (κ1) is 20.9. The average Bonchev–Trinajstić information content (AvgIpc) is 3.49. The van der Waals surface area contributed by atoms with Crippen LogP contribution in [-0.4, -0.2) is 60.2 Å². The van der Waals surface area contributed by atoms with Crippen LogP contribution < -0.4 is 0 Å². The quantitative estimate of drug-likeness (QED) is 0.389. The van der Waals surface area contributed by atoms with Gasteiger partial charge in [0.1, 0.15) is 16.9 Å². The smallest absolute Gasteiger partial charge is 0.254 e. The van der Waals surface area contributed by atoms with Crippen molar-refractivity contribution in [1.82, 2.24) is 28.1 Å². The van der Waals surface area contributed by atoms with Gasteiger partial charge in [-0.3, -0.25) is 9.69 Å². The lowest BCUT2D eigenvalue weighted by molar-refractivity contribution is 0.0624. The number of aromatic nitrogens is 4. The fraction of sp³-hybridized carbons (Fsp3) is 0.231. The Morgan fingerprint density at radius 3 is 2.41 bits per heavy atom. The molecule has 170 valence electrons. The van der Waals surface area contributed by atoms with Gasteiger partial charge in [0.05, 0.1) is 29.3 Å². The third-order valence-corrected chi connectivity index (χ3v) is 7.00. The summed E-state index contributed by atoms with van der Waals surface area (Å²) in [5.41, 5.74) is 5.74. The van der Waals surface area contributed by atoms with E-state index in [1.165, 1.54) is 17.3 Å². The maximum Gasteiger partial charge on any atom is 0.254 e. The number of carbonyl (C=O) groups is 1. The second kappa shape index (κ2) is 8.96. The van der Waals surface area contributed by atoms with Crippen molar-refractivity contribution >= 4 is 39.7 Å². The topological polar surface area (TPSA) is 67.2 Å². The van der Waals surface area contributed by atoms with Crippen molar-refractivity contribution in [2.75, 3.05) is 26.2 Å². The molecule has 0 aliphatic carbocycles. The van der Waals surface area contributed by atoms with E-state index in [1.807, 2.05) is 35.2 Å². The summed E-state index contributed by atoms with van der Waals surface area (Å²) in [6.07, 6.45) is 0. The number of fused-ring (bicyclic) bond motifs is 2. The molecular weight excluding hydrogens is 444 g/mol. The summed E-state index contributed by atoms with van der Waals surface area (Å²) in [5.74, 6) is 1.12. The molecule has 34 heavy (non-hydrogen) atoms. The van der Waals surface area contributed by atoms with Crippen LogP contribution in [0.15, 0.2) is 72.8 Å². The lowest BCUT2D eigenvalue weighted by Gasteiger charge is -2.34. The zero-order valence-electron chi connectivity index (χ0n) is 18.7. The first-order chi connectivity index (χ1) is 16.7. The van der Waals surface area contributed by atoms with Crippen LogP contribution >= 0.6 is 11.7 Å². The van der Waals surface area contributed by atoms with E-state index in [0.717, 1.165) is 54.1 Å². The molecule has 1 aliphatic heterocycles. The molecule has 0 bridgehead atoms. The summed E-state index contributed by atoms with van der Waals surface area (Å²) in [6.45, 7) is 4.60. The maximum absolute atomic E-state index is 13.1. The van der Waals surface area contributed by atoms with Gasteiger partial charge < -0.3 is 9.47 Å². The van der Waals surface area contributed by atoms with Gasteiger partial charge in [0.25, 0.3) is 5.91 Å². The van der Waals surface area contributed by atoms with Crippen molar-refractivity contribution in [2.24, 2.45) is 0 Å². The highest BCUT2D eigenvalue weighted by molar-refractivity contribution is 7.00. The summed E-state index contributed by atoms with van der Waals surface area (Å²) in [6, 6.07) is 24.4. The van der Waals surface area contributed by atoms with E-state index < -0.39 is 0 Å². The van der Waals surface area contributed by atoms with Gasteiger partial charge in [-0.05, 0) is 35.9 Å². The van der Waals surface area contributed by atoms with E-state index in [-0.39, 0.29) is 5.91 Å². The van der Waals surface area contributed by atoms with Crippen molar-refractivity contribution in [1.29, 1.82) is 0 Å². The molecule has 0 radical (unpaired) electrons. The van der Waals surface area contributed by atoms with E-state index >= 15 is 0 Å². The Hall–Kier alpha value is -3.62. The van der Waals surface area contributed by atoms with Gasteiger partial charge in [-0.2, -0.15) is 8.75 Å². The number of carbonyl (C=O) groups excluding carboxylic acids is 1. The molecule has 0 N–H and O–H groups in total. The van der Waals surface area contributed by atoms with E-state index in [1.54, 1.807) is 0 Å². The lowest BCUT2D eigenvalue weighted by atomic mass is 10.1. The molecule has 7 nitrogen and oxygen atoms in total. The molecule has 3 aromatic carbocycles. The van der Waals surface area contributed by atoms with Crippen molar-refractivity contribution in [3.63, 3.8) is 0 Å². The zero-order valence-corrected chi connectivity index (χ0v) is 19.5. The molecule has 2 aromatic heterocycles. The normalized spacial score (nSPS) is 14.8. The van der Waals surface area contributed by atoms with Crippen LogP contribution in [0.3, 0.4) is 0 Å². The van der Waals surface area contributed by atoms with E-state index in [0.29, 0.717) is 18.7 Å². The molecule has 1 amide bonds. The van der Waals surface area contributed by atoms with Gasteiger partial charge in [0.2, 0.25) is 0 Å². The van der Waals surface area contributed by atoms with Crippen LogP contribution in [0.25, 0.3) is 22.1 Å². The van der Waals surface area contributed by atoms with Gasteiger partial charge >= 0.3 is 0 Å². The van der Waals surface area contributed by atoms with Gasteiger partial charge in [0.15, 0.2) is 0 Å². The minimum absolute atomic E-state index is 0.0610. The highest BCUT2D eigenvalue weighted by Crippen LogP contribution is 2.21. The molecule has 0 spiro atoms. The third-order valence-electron chi connectivity index (χ3n) is 6.44. The van der Waals surface area contributed by atoms with Crippen molar-refractivity contribution in [3.05, 3.63) is 89.7 Å². The Bertz CT molecular complexity index is 1450. The second-order valence-corrected chi connectivity index (χ2v) is 9.15. The molecule has 6 rings (SSSR count). The number of nitrogens with zero attached hydrogens (tertiary/aromatic N) is 6. The third kappa shape index (κ3) is 4.06. The summed E-state index contributed by atoms with van der Waals surface area (Å²) in [4.78, 5) is 22.3. The predicted molar refractivity (Wildman–Crippen MR) is 134 cm³/mol. The molecule has 1 fully saturated rings. The molecule has 1 aliphatic rings. The average molecular weight is 469 g/mol. The Morgan fingerprint density at radius 1 is 0.794 bits per heavy atom. The Kier molecular flexibility index (Phi) is 5.52. The fourth-order valence-corrected chi connectivity index (χ4v) is 5.11. The van der Waals surface area contributed by atoms with Crippen LogP contribution in [0.2, 0.25) is 0 Å². The molecule has 8 heteroatoms. The highest BCUT2D eigenvalue weighted by Gasteiger charge is 2.24. The first-order valence-electron chi connectivity index (χ1n) is 11.5. The zero-order chi connectivity index (χ0) is 22.9. The molecule has 0 saturated carbocycles. The number of hydrogen-bond donors (Lipinski definition) is 0. The number of imidazole rings is 1. The van der Waals surface area contributed by atoms with Crippen LogP contribution in [0.4, 0.5) is 0 Å². The highest BCUT2D eigenvalue weighted by atomic mass is 32.1. The molecule has 3 heterocycles. The minimum Gasteiger partial charge on any atom is -0.336 e. The standard InChI is InChI=1S/C26H24N6OS/c33-26(20-10-11-21-23(16-20)29-34-28-21)31-14-12-30(13-15-31)18-25-27-22-8-4-5-9-24(22)32(25)17-19-6-2-1-3-7-19/h1-11,16H,12-15,17-18H2. The summed E-state index contributed by atoms with van der Waals surface area (Å²) in [7, 11) is 0. The monoisotopic (exact) mass is 468 g/mol. The van der Waals surface area contributed by atoms with Gasteiger partial charge in [0, 0.05) is 38.3 Å². The van der Waals surface area contributed by atoms with Gasteiger partial charge in [-0.1, -0.05) is 42.5 Å². The predicted octanol–water partition coefficient (Wildman–Crippen LogP) is 4.05. The molecule has 0 unspecified atom stereocenters. The SMILES string of the molecule is O=C(c1ccc2nsnc2c1)N1CCN(Cc2nc3ccccc3n2Cc2ccccc2)CC1. The van der Waals surface area contributed by atoms with E-state index in [2.05, 4.69) is 60.7 Å². The number of hydrogen-bond acceptors (Lipinski definition) is 6. The van der Waals surface area contributed by atoms with E-state index in [9.17, 15) is 4.79 Å². The van der Waals surface area contributed by atoms with Crippen molar-refractivity contribution in [2.45, 2.75) is 13.1 Å². The molecule has 1 saturated heterocycles. The molecule has 0 atom stereocenters. The number of para-hydroxylation sites is 2. The van der Waals surface area contributed by atoms with Crippen LogP contribution in [-0.2, 0) is 13.1 Å². The number of benzene rings is 3. The minimum atomic E-state index is 0.0610. The van der Waals surface area contributed by atoms with Crippen LogP contribution in [0.5, 0.6) is 0 Å². The maximum atomic E-state index is 13.1. The second-order valence-electron chi connectivity index (χ2n) is 8.62. The summed E-state index contributed by atoms with van der Waals surface area (Å²) >= 11 is 1.17. The van der Waals surface area contributed by atoms with Gasteiger partial charge in [-0.25, -0.2) is 4.98 Å². The Balaban J connectivity index is 1.17. The lowest BCUT2D eigenvalue weighted by Crippen LogP contribution is -2.48. The Morgan fingerprint density at radius 2 is 1.56 bits per heavy atom. The van der Waals surface area contributed by atoms with Crippen molar-refractivity contribution < 1.29 is 4.79 Å². The molecule has 5 aromatic rings. The number of amides is 1. The van der Waals surface area contributed by atoms with E-state index in [4.69, 9.17) is 4.98 Å². The largest absolute Gasteiger partial charge is 0.336 e. The first-order valence-corrected chi connectivity index (χ1v) is 12.2. The van der Waals surface area contributed by atoms with Crippen LogP contribution in [0, 0.1) is 0 Å². The Labute approximate surface area is 201 Å². The van der Waals surface area contributed by atoms with Crippen molar-refractivity contribution in [3.8, 4) is 0 Å². The molecular formula is C26H24N6OS. The number of piperazine rings is 1. The fourth-order valence-electron chi connectivity index (χ4n) is 4.60.